The molecule has 180 valence electrons. The number of halogens is 1. The first kappa shape index (κ1) is 23.1. The summed E-state index contributed by atoms with van der Waals surface area (Å²) in [5, 5.41) is 6.87. The Kier molecular flexibility index (Phi) is 6.55. The molecule has 0 saturated carbocycles. The molecule has 2 aliphatic heterocycles. The van der Waals surface area contributed by atoms with Crippen molar-refractivity contribution in [1.29, 1.82) is 0 Å². The Morgan fingerprint density at radius 2 is 1.69 bits per heavy atom. The molecule has 3 heterocycles. The lowest BCUT2D eigenvalue weighted by atomic mass is 10.1. The normalized spacial score (nSPS) is 17.7. The Bertz CT molecular complexity index is 1230. The van der Waals surface area contributed by atoms with E-state index in [2.05, 4.69) is 25.5 Å². The Morgan fingerprint density at radius 3 is 2.40 bits per heavy atom. The van der Waals surface area contributed by atoms with Crippen molar-refractivity contribution in [1.82, 2.24) is 9.97 Å². The second kappa shape index (κ2) is 9.92. The van der Waals surface area contributed by atoms with E-state index in [9.17, 15) is 9.59 Å². The Morgan fingerprint density at radius 1 is 1.00 bits per heavy atom. The molecule has 3 aromatic rings. The average Bonchev–Trinajstić information content (AvgIpc) is 3.51. The molecule has 0 aliphatic carbocycles. The third-order valence-corrected chi connectivity index (χ3v) is 6.57. The first-order chi connectivity index (χ1) is 16.9. The molecule has 1 unspecified atom stereocenters. The van der Waals surface area contributed by atoms with Gasteiger partial charge in [0.25, 0.3) is 0 Å². The van der Waals surface area contributed by atoms with Crippen molar-refractivity contribution in [2.24, 2.45) is 5.92 Å². The van der Waals surface area contributed by atoms with E-state index in [0.29, 0.717) is 17.3 Å². The van der Waals surface area contributed by atoms with Crippen LogP contribution >= 0.6 is 11.6 Å². The minimum absolute atomic E-state index is 0.0690. The Balaban J connectivity index is 1.20. The standard InChI is InChI=1S/C26H27ClN6O2/c1-17-28-23(15-24(29-17)32-12-2-3-13-32)30-20-6-8-21(9-7-20)31-26(35)18-14-25(34)33(16-18)22-10-4-19(27)5-11-22/h4-11,15,18H,2-3,12-14,16H2,1H3,(H,31,35)(H,28,29,30). The maximum absolute atomic E-state index is 12.8. The van der Waals surface area contributed by atoms with Crippen LogP contribution in [0.4, 0.5) is 28.7 Å². The van der Waals surface area contributed by atoms with Gasteiger partial charge in [0.1, 0.15) is 17.5 Å². The van der Waals surface area contributed by atoms with Gasteiger partial charge in [-0.2, -0.15) is 0 Å². The van der Waals surface area contributed by atoms with Gasteiger partial charge in [0.05, 0.1) is 5.92 Å². The lowest BCUT2D eigenvalue weighted by Gasteiger charge is -2.18. The van der Waals surface area contributed by atoms with Gasteiger partial charge in [-0.1, -0.05) is 11.6 Å². The smallest absolute Gasteiger partial charge is 0.229 e. The van der Waals surface area contributed by atoms with Gasteiger partial charge < -0.3 is 20.4 Å². The number of carbonyl (C=O) groups excluding carboxylic acids is 2. The summed E-state index contributed by atoms with van der Waals surface area (Å²) in [4.78, 5) is 38.3. The molecule has 2 saturated heterocycles. The molecule has 5 rings (SSSR count). The second-order valence-corrected chi connectivity index (χ2v) is 9.36. The first-order valence-electron chi connectivity index (χ1n) is 11.8. The summed E-state index contributed by atoms with van der Waals surface area (Å²) in [7, 11) is 0. The quantitative estimate of drug-likeness (QED) is 0.517. The van der Waals surface area contributed by atoms with Gasteiger partial charge in [-0.15, -0.1) is 0 Å². The van der Waals surface area contributed by atoms with Gasteiger partial charge in [-0.25, -0.2) is 9.97 Å². The molecule has 1 aromatic heterocycles. The van der Waals surface area contributed by atoms with Crippen molar-refractivity contribution in [3.8, 4) is 0 Å². The van der Waals surface area contributed by atoms with E-state index in [1.807, 2.05) is 37.3 Å². The predicted octanol–water partition coefficient (Wildman–Crippen LogP) is 4.77. The highest BCUT2D eigenvalue weighted by atomic mass is 35.5. The first-order valence-corrected chi connectivity index (χ1v) is 12.2. The molecule has 2 aliphatic rings. The summed E-state index contributed by atoms with van der Waals surface area (Å²) in [5.41, 5.74) is 2.28. The molecule has 0 bridgehead atoms. The Labute approximate surface area is 209 Å². The highest BCUT2D eigenvalue weighted by molar-refractivity contribution is 6.30. The van der Waals surface area contributed by atoms with Gasteiger partial charge in [0, 0.05) is 54.2 Å². The zero-order chi connectivity index (χ0) is 24.4. The van der Waals surface area contributed by atoms with Crippen LogP contribution in [0.5, 0.6) is 0 Å². The number of anilines is 5. The molecule has 8 nitrogen and oxygen atoms in total. The van der Waals surface area contributed by atoms with E-state index < -0.39 is 5.92 Å². The number of benzene rings is 2. The van der Waals surface area contributed by atoms with E-state index in [0.717, 1.165) is 41.9 Å². The van der Waals surface area contributed by atoms with Crippen molar-refractivity contribution in [2.75, 3.05) is 40.1 Å². The molecule has 0 radical (unpaired) electrons. The monoisotopic (exact) mass is 490 g/mol. The van der Waals surface area contributed by atoms with Crippen LogP contribution in [0.25, 0.3) is 0 Å². The number of amides is 2. The van der Waals surface area contributed by atoms with Gasteiger partial charge in [0.15, 0.2) is 0 Å². The summed E-state index contributed by atoms with van der Waals surface area (Å²) in [6.45, 7) is 4.28. The van der Waals surface area contributed by atoms with Crippen LogP contribution in [-0.2, 0) is 9.59 Å². The fourth-order valence-electron chi connectivity index (χ4n) is 4.51. The SMILES string of the molecule is Cc1nc(Nc2ccc(NC(=O)C3CC(=O)N(c4ccc(Cl)cc4)C3)cc2)cc(N2CCCC2)n1. The third kappa shape index (κ3) is 5.38. The maximum atomic E-state index is 12.8. The topological polar surface area (TPSA) is 90.5 Å². The fourth-order valence-corrected chi connectivity index (χ4v) is 4.63. The highest BCUT2D eigenvalue weighted by Crippen LogP contribution is 2.28. The van der Waals surface area contributed by atoms with E-state index >= 15 is 0 Å². The highest BCUT2D eigenvalue weighted by Gasteiger charge is 2.35. The number of rotatable bonds is 6. The fraction of sp³-hybridized carbons (Fsp3) is 0.308. The van der Waals surface area contributed by atoms with Gasteiger partial charge in [0.2, 0.25) is 11.8 Å². The molecule has 2 fully saturated rings. The van der Waals surface area contributed by atoms with E-state index in [-0.39, 0.29) is 18.2 Å². The summed E-state index contributed by atoms with van der Waals surface area (Å²) in [6, 6.07) is 16.5. The predicted molar refractivity (Wildman–Crippen MR) is 138 cm³/mol. The molecular formula is C26H27ClN6O2. The summed E-state index contributed by atoms with van der Waals surface area (Å²) < 4.78 is 0. The number of carbonyl (C=O) groups is 2. The lowest BCUT2D eigenvalue weighted by molar-refractivity contribution is -0.122. The number of aryl methyl sites for hydroxylation is 1. The van der Waals surface area contributed by atoms with Crippen molar-refractivity contribution in [2.45, 2.75) is 26.2 Å². The van der Waals surface area contributed by atoms with Crippen molar-refractivity contribution < 1.29 is 9.59 Å². The summed E-state index contributed by atoms with van der Waals surface area (Å²) in [6.07, 6.45) is 2.56. The van der Waals surface area contributed by atoms with Crippen LogP contribution in [0.15, 0.2) is 54.6 Å². The van der Waals surface area contributed by atoms with Crippen molar-refractivity contribution in [3.63, 3.8) is 0 Å². The molecule has 2 aromatic carbocycles. The third-order valence-electron chi connectivity index (χ3n) is 6.31. The second-order valence-electron chi connectivity index (χ2n) is 8.93. The van der Waals surface area contributed by atoms with E-state index in [4.69, 9.17) is 11.6 Å². The van der Waals surface area contributed by atoms with Gasteiger partial charge >= 0.3 is 0 Å². The van der Waals surface area contributed by atoms with Crippen LogP contribution in [0, 0.1) is 12.8 Å². The zero-order valence-electron chi connectivity index (χ0n) is 19.5. The lowest BCUT2D eigenvalue weighted by Crippen LogP contribution is -2.28. The molecule has 35 heavy (non-hydrogen) atoms. The summed E-state index contributed by atoms with van der Waals surface area (Å²) in [5.74, 6) is 1.75. The van der Waals surface area contributed by atoms with Crippen LogP contribution in [0.2, 0.25) is 5.02 Å². The number of hydrogen-bond donors (Lipinski definition) is 2. The Hall–Kier alpha value is -3.65. The molecule has 9 heteroatoms. The van der Waals surface area contributed by atoms with E-state index in [1.54, 1.807) is 29.2 Å². The summed E-state index contributed by atoms with van der Waals surface area (Å²) >= 11 is 5.94. The number of nitrogens with one attached hydrogen (secondary N) is 2. The van der Waals surface area contributed by atoms with Crippen molar-refractivity contribution >= 4 is 52.1 Å². The molecule has 1 atom stereocenters. The minimum Gasteiger partial charge on any atom is -0.356 e. The van der Waals surface area contributed by atoms with Gasteiger partial charge in [-0.05, 0) is 68.3 Å². The number of nitrogens with zero attached hydrogens (tertiary/aromatic N) is 4. The maximum Gasteiger partial charge on any atom is 0.229 e. The molecule has 2 amide bonds. The van der Waals surface area contributed by atoms with Crippen LogP contribution < -0.4 is 20.4 Å². The molecule has 0 spiro atoms. The van der Waals surface area contributed by atoms with Gasteiger partial charge in [-0.3, -0.25) is 9.59 Å². The zero-order valence-corrected chi connectivity index (χ0v) is 20.3. The van der Waals surface area contributed by atoms with E-state index in [1.165, 1.54) is 12.8 Å². The van der Waals surface area contributed by atoms with Crippen LogP contribution in [0.3, 0.4) is 0 Å². The van der Waals surface area contributed by atoms with Crippen LogP contribution in [-0.4, -0.2) is 41.4 Å². The number of hydrogen-bond acceptors (Lipinski definition) is 6. The minimum atomic E-state index is -0.413. The molecule has 2 N–H and O–H groups in total. The largest absolute Gasteiger partial charge is 0.356 e. The average molecular weight is 491 g/mol. The van der Waals surface area contributed by atoms with Crippen LogP contribution in [0.1, 0.15) is 25.1 Å². The van der Waals surface area contributed by atoms with Crippen molar-refractivity contribution in [3.05, 3.63) is 65.4 Å². The molecular weight excluding hydrogens is 464 g/mol. The number of aromatic nitrogens is 2.